The summed E-state index contributed by atoms with van der Waals surface area (Å²) in [6.07, 6.45) is 0.231. The van der Waals surface area contributed by atoms with Crippen molar-refractivity contribution < 1.29 is 23.8 Å². The maximum absolute atomic E-state index is 12.8. The normalized spacial score (nSPS) is 20.2. The van der Waals surface area contributed by atoms with Crippen molar-refractivity contribution in [3.8, 4) is 5.75 Å². The Bertz CT molecular complexity index is 979. The quantitative estimate of drug-likeness (QED) is 0.775. The molecule has 0 spiro atoms. The highest BCUT2D eigenvalue weighted by molar-refractivity contribution is 5.94. The molecule has 2 amide bonds. The highest BCUT2D eigenvalue weighted by Crippen LogP contribution is 2.36. The average Bonchev–Trinajstić information content (AvgIpc) is 3.28. The van der Waals surface area contributed by atoms with Crippen LogP contribution in [0.1, 0.15) is 12.0 Å². The molecular weight excluding hydrogens is 410 g/mol. The summed E-state index contributed by atoms with van der Waals surface area (Å²) in [4.78, 5) is 29.1. The molecule has 1 N–H and O–H groups in total. The second kappa shape index (κ2) is 9.08. The summed E-state index contributed by atoms with van der Waals surface area (Å²) in [5.41, 5.74) is 2.67. The first-order valence-corrected chi connectivity index (χ1v) is 11.0. The third-order valence-corrected chi connectivity index (χ3v) is 6.21. The predicted molar refractivity (Wildman–Crippen MR) is 119 cm³/mol. The minimum absolute atomic E-state index is 0.0941. The molecule has 8 heteroatoms. The first-order chi connectivity index (χ1) is 15.7. The topological polar surface area (TPSA) is 80.3 Å². The van der Waals surface area contributed by atoms with E-state index in [4.69, 9.17) is 14.2 Å². The fourth-order valence-corrected chi connectivity index (χ4v) is 4.30. The van der Waals surface area contributed by atoms with Crippen molar-refractivity contribution in [2.24, 2.45) is 5.92 Å². The standard InChI is InChI=1S/C24H27N3O5/c28-23(18-8-9-26(13-18)24(29)32-14-17-4-2-1-3-5-17)25-19-6-7-21-22(12-19)31-11-10-27(21)20-15-30-16-20/h1-7,12,18,20H,8-11,13-16H2,(H,25,28)/t18-/m1/s1. The third kappa shape index (κ3) is 4.36. The smallest absolute Gasteiger partial charge is 0.410 e. The zero-order valence-electron chi connectivity index (χ0n) is 17.9. The number of nitrogens with one attached hydrogen (secondary N) is 1. The summed E-state index contributed by atoms with van der Waals surface area (Å²) in [6.45, 7) is 4.03. The number of benzene rings is 2. The number of anilines is 2. The first kappa shape index (κ1) is 20.6. The number of amides is 2. The van der Waals surface area contributed by atoms with Crippen molar-refractivity contribution in [3.05, 3.63) is 54.1 Å². The zero-order valence-corrected chi connectivity index (χ0v) is 17.9. The molecule has 0 aliphatic carbocycles. The van der Waals surface area contributed by atoms with Gasteiger partial charge in [0.15, 0.2) is 0 Å². The number of carbonyl (C=O) groups is 2. The average molecular weight is 437 g/mol. The second-order valence-corrected chi connectivity index (χ2v) is 8.38. The largest absolute Gasteiger partial charge is 0.489 e. The van der Waals surface area contributed by atoms with E-state index in [1.165, 1.54) is 0 Å². The highest BCUT2D eigenvalue weighted by atomic mass is 16.6. The summed E-state index contributed by atoms with van der Waals surface area (Å²) in [7, 11) is 0. The van der Waals surface area contributed by atoms with E-state index in [1.54, 1.807) is 4.90 Å². The third-order valence-electron chi connectivity index (χ3n) is 6.21. The van der Waals surface area contributed by atoms with Crippen molar-refractivity contribution in [3.63, 3.8) is 0 Å². The zero-order chi connectivity index (χ0) is 21.9. The predicted octanol–water partition coefficient (Wildman–Crippen LogP) is 2.88. The Morgan fingerprint density at radius 1 is 1.09 bits per heavy atom. The van der Waals surface area contributed by atoms with Crippen LogP contribution in [-0.2, 0) is 20.9 Å². The van der Waals surface area contributed by atoms with Gasteiger partial charge in [-0.25, -0.2) is 4.79 Å². The van der Waals surface area contributed by atoms with Gasteiger partial charge in [0.05, 0.1) is 37.4 Å². The van der Waals surface area contributed by atoms with E-state index in [2.05, 4.69) is 10.2 Å². The van der Waals surface area contributed by atoms with Crippen molar-refractivity contribution in [2.45, 2.75) is 19.1 Å². The van der Waals surface area contributed by atoms with Crippen LogP contribution >= 0.6 is 0 Å². The molecule has 8 nitrogen and oxygen atoms in total. The molecule has 3 aliphatic rings. The van der Waals surface area contributed by atoms with Crippen molar-refractivity contribution in [2.75, 3.05) is 49.7 Å². The van der Waals surface area contributed by atoms with Crippen LogP contribution in [-0.4, -0.2) is 62.4 Å². The molecule has 3 heterocycles. The van der Waals surface area contributed by atoms with Crippen LogP contribution in [0.5, 0.6) is 5.75 Å². The lowest BCUT2D eigenvalue weighted by molar-refractivity contribution is -0.119. The van der Waals surface area contributed by atoms with E-state index in [-0.39, 0.29) is 24.5 Å². The van der Waals surface area contributed by atoms with Gasteiger partial charge in [0.1, 0.15) is 19.0 Å². The van der Waals surface area contributed by atoms with E-state index >= 15 is 0 Å². The number of carbonyl (C=O) groups excluding carboxylic acids is 2. The van der Waals surface area contributed by atoms with E-state index in [9.17, 15) is 9.59 Å². The van der Waals surface area contributed by atoms with Gasteiger partial charge in [-0.3, -0.25) is 4.79 Å². The molecule has 0 radical (unpaired) electrons. The van der Waals surface area contributed by atoms with E-state index < -0.39 is 0 Å². The molecule has 3 aliphatic heterocycles. The number of rotatable bonds is 5. The van der Waals surface area contributed by atoms with E-state index in [0.29, 0.717) is 37.8 Å². The Hall–Kier alpha value is -3.26. The number of likely N-dealkylation sites (tertiary alicyclic amines) is 1. The summed E-state index contributed by atoms with van der Waals surface area (Å²) < 4.78 is 16.5. The van der Waals surface area contributed by atoms with Crippen LogP contribution in [0.3, 0.4) is 0 Å². The van der Waals surface area contributed by atoms with Crippen LogP contribution in [0.15, 0.2) is 48.5 Å². The molecule has 5 rings (SSSR count). The molecule has 0 bridgehead atoms. The first-order valence-electron chi connectivity index (χ1n) is 11.0. The molecule has 2 fully saturated rings. The van der Waals surface area contributed by atoms with Crippen molar-refractivity contribution >= 4 is 23.4 Å². The Balaban J connectivity index is 1.15. The lowest BCUT2D eigenvalue weighted by atomic mass is 10.1. The molecule has 2 saturated heterocycles. The molecule has 1 atom stereocenters. The molecular formula is C24H27N3O5. The van der Waals surface area contributed by atoms with Gasteiger partial charge in [0.2, 0.25) is 5.91 Å². The van der Waals surface area contributed by atoms with Crippen LogP contribution in [0.25, 0.3) is 0 Å². The van der Waals surface area contributed by atoms with Crippen LogP contribution in [0, 0.1) is 5.92 Å². The Morgan fingerprint density at radius 3 is 2.72 bits per heavy atom. The van der Waals surface area contributed by atoms with Gasteiger partial charge in [-0.05, 0) is 24.1 Å². The Labute approximate surface area is 187 Å². The van der Waals surface area contributed by atoms with Gasteiger partial charge in [-0.15, -0.1) is 0 Å². The number of hydrogen-bond donors (Lipinski definition) is 1. The van der Waals surface area contributed by atoms with Gasteiger partial charge < -0.3 is 29.3 Å². The minimum Gasteiger partial charge on any atom is -0.489 e. The SMILES string of the molecule is O=C(Nc1ccc2c(c1)OCCN2C1COC1)[C@@H]1CCN(C(=O)OCc2ccccc2)C1. The fraction of sp³-hybridized carbons (Fsp3) is 0.417. The monoisotopic (exact) mass is 437 g/mol. The molecule has 168 valence electrons. The molecule has 0 aromatic heterocycles. The number of nitrogens with zero attached hydrogens (tertiary/aromatic N) is 2. The maximum atomic E-state index is 12.8. The molecule has 32 heavy (non-hydrogen) atoms. The van der Waals surface area contributed by atoms with Crippen molar-refractivity contribution in [1.82, 2.24) is 4.90 Å². The lowest BCUT2D eigenvalue weighted by Gasteiger charge is -2.41. The van der Waals surface area contributed by atoms with Gasteiger partial charge in [0, 0.05) is 24.8 Å². The summed E-state index contributed by atoms with van der Waals surface area (Å²) in [5.74, 6) is 0.418. The summed E-state index contributed by atoms with van der Waals surface area (Å²) >= 11 is 0. The Morgan fingerprint density at radius 2 is 1.94 bits per heavy atom. The van der Waals surface area contributed by atoms with Gasteiger partial charge in [-0.2, -0.15) is 0 Å². The minimum atomic E-state index is -0.383. The van der Waals surface area contributed by atoms with Gasteiger partial charge in [0.25, 0.3) is 0 Å². The number of fused-ring (bicyclic) bond motifs is 1. The van der Waals surface area contributed by atoms with Crippen molar-refractivity contribution in [1.29, 1.82) is 0 Å². The highest BCUT2D eigenvalue weighted by Gasteiger charge is 2.33. The maximum Gasteiger partial charge on any atom is 0.410 e. The fourth-order valence-electron chi connectivity index (χ4n) is 4.30. The summed E-state index contributed by atoms with van der Waals surface area (Å²) in [6, 6.07) is 15.7. The Kier molecular flexibility index (Phi) is 5.85. The van der Waals surface area contributed by atoms with Crippen LogP contribution < -0.4 is 15.0 Å². The number of ether oxygens (including phenoxy) is 3. The van der Waals surface area contributed by atoms with Crippen LogP contribution in [0.4, 0.5) is 16.2 Å². The van der Waals surface area contributed by atoms with Gasteiger partial charge >= 0.3 is 6.09 Å². The number of hydrogen-bond acceptors (Lipinski definition) is 6. The van der Waals surface area contributed by atoms with E-state index in [1.807, 2.05) is 48.5 Å². The summed E-state index contributed by atoms with van der Waals surface area (Å²) in [5, 5.41) is 2.98. The van der Waals surface area contributed by atoms with Gasteiger partial charge in [-0.1, -0.05) is 30.3 Å². The van der Waals surface area contributed by atoms with E-state index in [0.717, 1.165) is 36.8 Å². The second-order valence-electron chi connectivity index (χ2n) is 8.38. The van der Waals surface area contributed by atoms with Crippen LogP contribution in [0.2, 0.25) is 0 Å². The molecule has 0 unspecified atom stereocenters. The molecule has 0 saturated carbocycles. The molecule has 2 aromatic rings. The lowest BCUT2D eigenvalue weighted by Crippen LogP contribution is -2.52. The molecule has 2 aromatic carbocycles.